The second kappa shape index (κ2) is 4.04. The Labute approximate surface area is 84.8 Å². The predicted octanol–water partition coefficient (Wildman–Crippen LogP) is 3.58. The molecule has 0 fully saturated rings. The fourth-order valence-corrected chi connectivity index (χ4v) is 2.13. The predicted molar refractivity (Wildman–Crippen MR) is 63.5 cm³/mol. The summed E-state index contributed by atoms with van der Waals surface area (Å²) in [6, 6.07) is 0.559. The SMILES string of the molecule is CC(C)NB(C(C)(C)C)C(C)(C)C. The molecular weight excluding hydrogens is 157 g/mol. The second-order valence-corrected chi connectivity index (χ2v) is 6.49. The summed E-state index contributed by atoms with van der Waals surface area (Å²) in [4.78, 5) is 0. The Morgan fingerprint density at radius 1 is 0.846 bits per heavy atom. The molecule has 0 saturated carbocycles. The van der Waals surface area contributed by atoms with Gasteiger partial charge in [-0.25, -0.2) is 0 Å². The van der Waals surface area contributed by atoms with Crippen molar-refractivity contribution in [2.45, 2.75) is 72.1 Å². The molecular formula is C11H26BN. The summed E-state index contributed by atoms with van der Waals surface area (Å²) in [6.45, 7) is 18.8. The van der Waals surface area contributed by atoms with Crippen molar-refractivity contribution >= 4 is 6.85 Å². The van der Waals surface area contributed by atoms with E-state index < -0.39 is 0 Å². The molecule has 0 saturated heterocycles. The van der Waals surface area contributed by atoms with E-state index in [1.54, 1.807) is 0 Å². The van der Waals surface area contributed by atoms with E-state index in [-0.39, 0.29) is 0 Å². The number of rotatable bonds is 2. The smallest absolute Gasteiger partial charge is 0.231 e. The molecule has 1 nitrogen and oxygen atoms in total. The molecule has 0 atom stereocenters. The Morgan fingerprint density at radius 2 is 1.15 bits per heavy atom. The minimum Gasteiger partial charge on any atom is -0.353 e. The Kier molecular flexibility index (Phi) is 4.05. The molecule has 0 radical (unpaired) electrons. The molecule has 13 heavy (non-hydrogen) atoms. The van der Waals surface area contributed by atoms with Crippen LogP contribution in [0.2, 0.25) is 10.6 Å². The summed E-state index contributed by atoms with van der Waals surface area (Å²) in [5, 5.41) is 4.30. The summed E-state index contributed by atoms with van der Waals surface area (Å²) in [6.07, 6.45) is 0. The van der Waals surface area contributed by atoms with Crippen LogP contribution in [-0.2, 0) is 0 Å². The molecule has 0 rings (SSSR count). The maximum atomic E-state index is 3.66. The highest BCUT2D eigenvalue weighted by Crippen LogP contribution is 2.40. The van der Waals surface area contributed by atoms with E-state index in [0.717, 1.165) is 0 Å². The summed E-state index contributed by atoms with van der Waals surface area (Å²) in [5.41, 5.74) is 0. The molecule has 0 aromatic heterocycles. The molecule has 0 aliphatic rings. The lowest BCUT2D eigenvalue weighted by Crippen LogP contribution is -2.51. The number of hydrogen-bond donors (Lipinski definition) is 1. The average Bonchev–Trinajstić information content (AvgIpc) is 1.77. The van der Waals surface area contributed by atoms with E-state index in [4.69, 9.17) is 0 Å². The van der Waals surface area contributed by atoms with Gasteiger partial charge in [-0.1, -0.05) is 55.4 Å². The zero-order chi connectivity index (χ0) is 10.9. The van der Waals surface area contributed by atoms with Crippen molar-refractivity contribution in [3.8, 4) is 0 Å². The number of nitrogens with one attached hydrogen (secondary N) is 1. The third-order valence-corrected chi connectivity index (χ3v) is 2.23. The molecule has 0 aliphatic heterocycles. The monoisotopic (exact) mass is 183 g/mol. The van der Waals surface area contributed by atoms with Crippen LogP contribution in [0.25, 0.3) is 0 Å². The molecule has 0 bridgehead atoms. The van der Waals surface area contributed by atoms with Gasteiger partial charge in [0.05, 0.1) is 0 Å². The first-order chi connectivity index (χ1) is 5.55. The summed E-state index contributed by atoms with van der Waals surface area (Å²) in [5.74, 6) is 0. The molecule has 78 valence electrons. The molecule has 0 aliphatic carbocycles. The first-order valence-corrected chi connectivity index (χ1v) is 5.31. The van der Waals surface area contributed by atoms with Crippen LogP contribution in [-0.4, -0.2) is 12.9 Å². The zero-order valence-corrected chi connectivity index (χ0v) is 10.7. The van der Waals surface area contributed by atoms with Gasteiger partial charge in [-0.15, -0.1) is 0 Å². The van der Waals surface area contributed by atoms with Gasteiger partial charge in [-0.05, 0) is 16.7 Å². The van der Waals surface area contributed by atoms with E-state index in [9.17, 15) is 0 Å². The Hall–Kier alpha value is 0.0249. The van der Waals surface area contributed by atoms with E-state index in [1.165, 1.54) is 0 Å². The average molecular weight is 183 g/mol. The van der Waals surface area contributed by atoms with Crippen molar-refractivity contribution in [3.63, 3.8) is 0 Å². The first kappa shape index (κ1) is 13.0. The topological polar surface area (TPSA) is 12.0 Å². The third-order valence-electron chi connectivity index (χ3n) is 2.23. The largest absolute Gasteiger partial charge is 0.353 e. The standard InChI is InChI=1S/C11H26BN/c1-9(2)13-12(10(3,4)5)11(6,7)8/h9,13H,1-8H3. The maximum Gasteiger partial charge on any atom is 0.231 e. The summed E-state index contributed by atoms with van der Waals surface area (Å²) < 4.78 is 0. The Balaban J connectivity index is 4.58. The van der Waals surface area contributed by atoms with Crippen molar-refractivity contribution in [2.24, 2.45) is 0 Å². The van der Waals surface area contributed by atoms with Crippen LogP contribution < -0.4 is 5.23 Å². The normalized spacial score (nSPS) is 13.6. The molecule has 0 amide bonds. The van der Waals surface area contributed by atoms with Crippen molar-refractivity contribution in [1.29, 1.82) is 0 Å². The van der Waals surface area contributed by atoms with Gasteiger partial charge in [0.15, 0.2) is 0 Å². The highest BCUT2D eigenvalue weighted by Gasteiger charge is 2.39. The molecule has 2 heteroatoms. The first-order valence-electron chi connectivity index (χ1n) is 5.31. The lowest BCUT2D eigenvalue weighted by Gasteiger charge is -2.39. The van der Waals surface area contributed by atoms with E-state index in [0.29, 0.717) is 23.5 Å². The third kappa shape index (κ3) is 4.71. The second-order valence-electron chi connectivity index (χ2n) is 6.49. The lowest BCUT2D eigenvalue weighted by molar-refractivity contribution is 0.588. The van der Waals surface area contributed by atoms with E-state index in [2.05, 4.69) is 60.6 Å². The van der Waals surface area contributed by atoms with Gasteiger partial charge in [0.2, 0.25) is 6.85 Å². The minimum atomic E-state index is 0.322. The fraction of sp³-hybridized carbons (Fsp3) is 1.00. The van der Waals surface area contributed by atoms with Crippen LogP contribution in [0.1, 0.15) is 55.4 Å². The highest BCUT2D eigenvalue weighted by atomic mass is 14.8. The van der Waals surface area contributed by atoms with Crippen LogP contribution >= 0.6 is 0 Å². The maximum absolute atomic E-state index is 3.66. The van der Waals surface area contributed by atoms with E-state index >= 15 is 0 Å². The van der Waals surface area contributed by atoms with Gasteiger partial charge in [0.25, 0.3) is 0 Å². The van der Waals surface area contributed by atoms with Crippen LogP contribution in [0.4, 0.5) is 0 Å². The van der Waals surface area contributed by atoms with Gasteiger partial charge in [-0.2, -0.15) is 0 Å². The van der Waals surface area contributed by atoms with Crippen molar-refractivity contribution < 1.29 is 0 Å². The van der Waals surface area contributed by atoms with Gasteiger partial charge < -0.3 is 5.23 Å². The van der Waals surface area contributed by atoms with Gasteiger partial charge in [0.1, 0.15) is 0 Å². The van der Waals surface area contributed by atoms with Crippen molar-refractivity contribution in [2.75, 3.05) is 0 Å². The summed E-state index contributed by atoms with van der Waals surface area (Å²) in [7, 11) is 0. The van der Waals surface area contributed by atoms with Crippen molar-refractivity contribution in [3.05, 3.63) is 0 Å². The minimum absolute atomic E-state index is 0.322. The van der Waals surface area contributed by atoms with Gasteiger partial charge in [-0.3, -0.25) is 0 Å². The van der Waals surface area contributed by atoms with Gasteiger partial charge in [0, 0.05) is 0 Å². The van der Waals surface area contributed by atoms with E-state index in [1.807, 2.05) is 0 Å². The van der Waals surface area contributed by atoms with Gasteiger partial charge >= 0.3 is 0 Å². The Morgan fingerprint density at radius 3 is 1.23 bits per heavy atom. The summed E-state index contributed by atoms with van der Waals surface area (Å²) >= 11 is 0. The molecule has 0 unspecified atom stereocenters. The van der Waals surface area contributed by atoms with Crippen LogP contribution in [0.5, 0.6) is 0 Å². The molecule has 0 heterocycles. The zero-order valence-electron chi connectivity index (χ0n) is 10.7. The Bertz CT molecular complexity index is 136. The van der Waals surface area contributed by atoms with Crippen LogP contribution in [0.3, 0.4) is 0 Å². The highest BCUT2D eigenvalue weighted by molar-refractivity contribution is 6.62. The van der Waals surface area contributed by atoms with Crippen molar-refractivity contribution in [1.82, 2.24) is 5.23 Å². The number of hydrogen-bond acceptors (Lipinski definition) is 1. The molecule has 0 spiro atoms. The van der Waals surface area contributed by atoms with Crippen LogP contribution in [0.15, 0.2) is 0 Å². The molecule has 0 aromatic carbocycles. The van der Waals surface area contributed by atoms with Crippen LogP contribution in [0, 0.1) is 0 Å². The quantitative estimate of drug-likeness (QED) is 0.645. The molecule has 0 aromatic rings. The fourth-order valence-electron chi connectivity index (χ4n) is 2.13. The molecule has 1 N–H and O–H groups in total. The lowest BCUT2D eigenvalue weighted by atomic mass is 9.31.